The van der Waals surface area contributed by atoms with Crippen LogP contribution in [0.25, 0.3) is 0 Å². The average molecular weight is 396 g/mol. The van der Waals surface area contributed by atoms with Crippen molar-refractivity contribution in [1.29, 1.82) is 0 Å². The Kier molecular flexibility index (Phi) is 11.0. The summed E-state index contributed by atoms with van der Waals surface area (Å²) in [5.74, 6) is 0.189. The second kappa shape index (κ2) is 13.0. The first-order valence-corrected chi connectivity index (χ1v) is 9.46. The molecule has 0 fully saturated rings. The molecular formula is C20H32N2O6. The Morgan fingerprint density at radius 2 is 1.82 bits per heavy atom. The second-order valence-electron chi connectivity index (χ2n) is 6.24. The molecule has 8 heteroatoms. The van der Waals surface area contributed by atoms with E-state index in [-0.39, 0.29) is 12.7 Å². The summed E-state index contributed by atoms with van der Waals surface area (Å²) in [6.45, 7) is 5.21. The van der Waals surface area contributed by atoms with Crippen molar-refractivity contribution in [1.82, 2.24) is 10.2 Å². The topological polar surface area (TPSA) is 86.3 Å². The van der Waals surface area contributed by atoms with Gasteiger partial charge in [0, 0.05) is 26.6 Å². The van der Waals surface area contributed by atoms with E-state index >= 15 is 0 Å². The smallest absolute Gasteiger partial charge is 0.409 e. The molecule has 0 aliphatic carbocycles. The van der Waals surface area contributed by atoms with E-state index in [1.165, 1.54) is 12.0 Å². The molecule has 0 heterocycles. The van der Waals surface area contributed by atoms with Crippen LogP contribution in [0.4, 0.5) is 4.79 Å². The Morgan fingerprint density at radius 1 is 1.14 bits per heavy atom. The van der Waals surface area contributed by atoms with Gasteiger partial charge in [-0.2, -0.15) is 0 Å². The number of amides is 1. The van der Waals surface area contributed by atoms with Gasteiger partial charge in [0.1, 0.15) is 12.4 Å². The molecule has 8 nitrogen and oxygen atoms in total. The van der Waals surface area contributed by atoms with Gasteiger partial charge in [0.25, 0.3) is 0 Å². The monoisotopic (exact) mass is 396 g/mol. The van der Waals surface area contributed by atoms with Crippen molar-refractivity contribution in [2.75, 3.05) is 34.3 Å². The molecule has 0 radical (unpaired) electrons. The summed E-state index contributed by atoms with van der Waals surface area (Å²) >= 11 is 0. The first-order chi connectivity index (χ1) is 13.4. The fourth-order valence-electron chi connectivity index (χ4n) is 2.28. The highest BCUT2D eigenvalue weighted by molar-refractivity contribution is 5.74. The summed E-state index contributed by atoms with van der Waals surface area (Å²) in [6, 6.07) is 7.19. The molecule has 2 atom stereocenters. The van der Waals surface area contributed by atoms with E-state index in [0.29, 0.717) is 31.7 Å². The molecule has 1 N–H and O–H groups in total. The predicted octanol–water partition coefficient (Wildman–Crippen LogP) is 2.56. The van der Waals surface area contributed by atoms with E-state index in [2.05, 4.69) is 5.32 Å². The fourth-order valence-corrected chi connectivity index (χ4v) is 2.28. The number of esters is 1. The zero-order valence-electron chi connectivity index (χ0n) is 17.4. The molecule has 1 aromatic carbocycles. The molecule has 28 heavy (non-hydrogen) atoms. The fraction of sp³-hybridized carbons (Fsp3) is 0.600. The van der Waals surface area contributed by atoms with Crippen molar-refractivity contribution in [3.8, 4) is 5.75 Å². The molecule has 1 rings (SSSR count). The van der Waals surface area contributed by atoms with Crippen LogP contribution in [0.1, 0.15) is 32.3 Å². The van der Waals surface area contributed by atoms with Crippen LogP contribution in [0.5, 0.6) is 5.75 Å². The van der Waals surface area contributed by atoms with Crippen molar-refractivity contribution in [3.63, 3.8) is 0 Å². The van der Waals surface area contributed by atoms with Crippen molar-refractivity contribution < 1.29 is 28.5 Å². The van der Waals surface area contributed by atoms with Crippen LogP contribution in [0.3, 0.4) is 0 Å². The maximum atomic E-state index is 11.9. The highest BCUT2D eigenvalue weighted by Crippen LogP contribution is 2.18. The number of hydrogen-bond acceptors (Lipinski definition) is 7. The number of likely N-dealkylation sites (N-methyl/N-ethyl adjacent to an activating group) is 2. The summed E-state index contributed by atoms with van der Waals surface area (Å²) in [7, 11) is 4.86. The Balaban J connectivity index is 2.54. The van der Waals surface area contributed by atoms with Gasteiger partial charge in [0.2, 0.25) is 6.29 Å². The molecule has 158 valence electrons. The standard InChI is InChI=1S/C20H32N2O6/c1-6-17(19(23)25-5)28-18(7-2)27-16-10-8-15(9-11-16)14-26-20(24)22(4)13-12-21-3/h8-11,17-18,21H,6-7,12-14H2,1-5H3/t17-,18+/m0/s1. The average Bonchev–Trinajstić information content (AvgIpc) is 2.73. The normalized spacial score (nSPS) is 12.8. The Labute approximate surface area is 167 Å². The van der Waals surface area contributed by atoms with Gasteiger partial charge in [-0.3, -0.25) is 0 Å². The van der Waals surface area contributed by atoms with Crippen LogP contribution >= 0.6 is 0 Å². The number of carbonyl (C=O) groups is 2. The summed E-state index contributed by atoms with van der Waals surface area (Å²) in [5.41, 5.74) is 0.845. The number of nitrogens with zero attached hydrogens (tertiary/aromatic N) is 1. The van der Waals surface area contributed by atoms with Crippen molar-refractivity contribution in [2.45, 2.75) is 45.7 Å². The van der Waals surface area contributed by atoms with E-state index in [4.69, 9.17) is 18.9 Å². The lowest BCUT2D eigenvalue weighted by Gasteiger charge is -2.22. The number of methoxy groups -OCH3 is 1. The van der Waals surface area contributed by atoms with Crippen LogP contribution < -0.4 is 10.1 Å². The number of benzene rings is 1. The SMILES string of the molecule is CC[C@H](Oc1ccc(COC(=O)N(C)CCNC)cc1)O[C@@H](CC)C(=O)OC. The number of rotatable bonds is 12. The first kappa shape index (κ1) is 23.7. The Morgan fingerprint density at radius 3 is 2.36 bits per heavy atom. The Hall–Kier alpha value is -2.32. The molecule has 1 amide bonds. The number of carbonyl (C=O) groups excluding carboxylic acids is 2. The van der Waals surface area contributed by atoms with Gasteiger partial charge in [-0.25, -0.2) is 9.59 Å². The van der Waals surface area contributed by atoms with Gasteiger partial charge < -0.3 is 29.2 Å². The molecule has 0 bridgehead atoms. The largest absolute Gasteiger partial charge is 0.467 e. The van der Waals surface area contributed by atoms with Crippen molar-refractivity contribution in [2.24, 2.45) is 0 Å². The Bertz CT molecular complexity index is 593. The number of nitrogens with one attached hydrogen (secondary N) is 1. The minimum Gasteiger partial charge on any atom is -0.467 e. The van der Waals surface area contributed by atoms with Gasteiger partial charge in [-0.1, -0.05) is 26.0 Å². The molecule has 1 aromatic rings. The van der Waals surface area contributed by atoms with E-state index in [1.54, 1.807) is 19.2 Å². The van der Waals surface area contributed by atoms with Gasteiger partial charge in [-0.15, -0.1) is 0 Å². The van der Waals surface area contributed by atoms with E-state index in [9.17, 15) is 9.59 Å². The third-order valence-corrected chi connectivity index (χ3v) is 4.05. The molecule has 0 spiro atoms. The third kappa shape index (κ3) is 8.14. The summed E-state index contributed by atoms with van der Waals surface area (Å²) < 4.78 is 21.5. The molecular weight excluding hydrogens is 364 g/mol. The maximum Gasteiger partial charge on any atom is 0.409 e. The molecule has 0 aromatic heterocycles. The second-order valence-corrected chi connectivity index (χ2v) is 6.24. The minimum atomic E-state index is -0.659. The molecule has 0 aliphatic heterocycles. The summed E-state index contributed by atoms with van der Waals surface area (Å²) in [4.78, 5) is 25.1. The lowest BCUT2D eigenvalue weighted by Crippen LogP contribution is -2.33. The molecule has 0 unspecified atom stereocenters. The lowest BCUT2D eigenvalue weighted by molar-refractivity contribution is -0.173. The van der Waals surface area contributed by atoms with Gasteiger partial charge in [0.15, 0.2) is 6.10 Å². The molecule has 0 aliphatic rings. The lowest BCUT2D eigenvalue weighted by atomic mass is 10.2. The van der Waals surface area contributed by atoms with Crippen LogP contribution in [0, 0.1) is 0 Å². The third-order valence-electron chi connectivity index (χ3n) is 4.05. The minimum absolute atomic E-state index is 0.178. The quantitative estimate of drug-likeness (QED) is 0.429. The highest BCUT2D eigenvalue weighted by atomic mass is 16.7. The summed E-state index contributed by atoms with van der Waals surface area (Å²) in [6.07, 6.45) is -0.517. The van der Waals surface area contributed by atoms with Crippen LogP contribution in [-0.2, 0) is 25.6 Å². The van der Waals surface area contributed by atoms with Crippen molar-refractivity contribution >= 4 is 12.1 Å². The van der Waals surface area contributed by atoms with E-state index in [1.807, 2.05) is 33.0 Å². The molecule has 0 saturated heterocycles. The van der Waals surface area contributed by atoms with E-state index < -0.39 is 18.4 Å². The van der Waals surface area contributed by atoms with Gasteiger partial charge in [0.05, 0.1) is 7.11 Å². The number of ether oxygens (including phenoxy) is 4. The van der Waals surface area contributed by atoms with Gasteiger partial charge in [-0.05, 0) is 31.2 Å². The van der Waals surface area contributed by atoms with Gasteiger partial charge >= 0.3 is 12.1 Å². The zero-order chi connectivity index (χ0) is 20.9. The summed E-state index contributed by atoms with van der Waals surface area (Å²) in [5, 5.41) is 2.98. The van der Waals surface area contributed by atoms with Crippen LogP contribution in [0.2, 0.25) is 0 Å². The zero-order valence-corrected chi connectivity index (χ0v) is 17.4. The van der Waals surface area contributed by atoms with E-state index in [0.717, 1.165) is 5.56 Å². The van der Waals surface area contributed by atoms with Crippen LogP contribution in [0.15, 0.2) is 24.3 Å². The highest BCUT2D eigenvalue weighted by Gasteiger charge is 2.22. The first-order valence-electron chi connectivity index (χ1n) is 9.46. The number of hydrogen-bond donors (Lipinski definition) is 1. The van der Waals surface area contributed by atoms with Crippen LogP contribution in [-0.4, -0.2) is 63.7 Å². The van der Waals surface area contributed by atoms with Crippen molar-refractivity contribution in [3.05, 3.63) is 29.8 Å². The predicted molar refractivity (Wildman–Crippen MR) is 105 cm³/mol. The maximum absolute atomic E-state index is 11.9. The molecule has 0 saturated carbocycles.